The van der Waals surface area contributed by atoms with Gasteiger partial charge in [0.05, 0.1) is 6.42 Å². The lowest BCUT2D eigenvalue weighted by molar-refractivity contribution is -0.140. The minimum absolute atomic E-state index is 0.0793. The first-order valence-electron chi connectivity index (χ1n) is 5.30. The zero-order valence-corrected chi connectivity index (χ0v) is 10.3. The van der Waals surface area contributed by atoms with Crippen molar-refractivity contribution in [2.24, 2.45) is 11.1 Å². The van der Waals surface area contributed by atoms with Crippen LogP contribution >= 0.6 is 0 Å². The van der Waals surface area contributed by atoms with Gasteiger partial charge in [-0.3, -0.25) is 13.9 Å². The number of carboxylic acid groups (broad SMARTS) is 1. The van der Waals surface area contributed by atoms with Crippen LogP contribution in [0.5, 0.6) is 0 Å². The van der Waals surface area contributed by atoms with E-state index >= 15 is 0 Å². The number of carboxylic acids is 1. The van der Waals surface area contributed by atoms with E-state index in [0.29, 0.717) is 6.54 Å². The molecule has 1 rings (SSSR count). The van der Waals surface area contributed by atoms with E-state index in [1.807, 2.05) is 0 Å². The minimum atomic E-state index is -4.67. The lowest BCUT2D eigenvalue weighted by atomic mass is 9.72. The average Bonchev–Trinajstić information content (AvgIpc) is 2.15. The Morgan fingerprint density at radius 3 is 1.88 bits per heavy atom. The number of carbonyl (C=O) groups is 1. The van der Waals surface area contributed by atoms with Gasteiger partial charge in [-0.05, 0) is 24.8 Å². The SMILES string of the molecule is NCC1(CC(=O)O)CCCCC1.O=S(=O)(O)O. The van der Waals surface area contributed by atoms with Crippen molar-refractivity contribution in [1.29, 1.82) is 0 Å². The first-order chi connectivity index (χ1) is 7.68. The first-order valence-corrected chi connectivity index (χ1v) is 6.70. The molecule has 17 heavy (non-hydrogen) atoms. The van der Waals surface area contributed by atoms with Crippen molar-refractivity contribution in [1.82, 2.24) is 0 Å². The van der Waals surface area contributed by atoms with Crippen molar-refractivity contribution in [3.63, 3.8) is 0 Å². The van der Waals surface area contributed by atoms with Gasteiger partial charge in [-0.25, -0.2) is 0 Å². The van der Waals surface area contributed by atoms with Crippen molar-refractivity contribution in [3.05, 3.63) is 0 Å². The molecule has 0 spiro atoms. The first kappa shape index (κ1) is 16.3. The third kappa shape index (κ3) is 9.04. The quantitative estimate of drug-likeness (QED) is 0.553. The van der Waals surface area contributed by atoms with Crippen molar-refractivity contribution >= 4 is 16.4 Å². The van der Waals surface area contributed by atoms with Crippen LogP contribution in [-0.4, -0.2) is 35.1 Å². The minimum Gasteiger partial charge on any atom is -0.481 e. The zero-order valence-electron chi connectivity index (χ0n) is 9.50. The summed E-state index contributed by atoms with van der Waals surface area (Å²) in [5, 5.41) is 8.71. The third-order valence-electron chi connectivity index (χ3n) is 2.87. The van der Waals surface area contributed by atoms with Crippen LogP contribution in [0.15, 0.2) is 0 Å². The Bertz CT molecular complexity index is 325. The lowest BCUT2D eigenvalue weighted by Crippen LogP contribution is -2.34. The smallest absolute Gasteiger partial charge is 0.394 e. The second kappa shape index (κ2) is 6.90. The van der Waals surface area contributed by atoms with Crippen molar-refractivity contribution < 1.29 is 27.4 Å². The molecule has 0 aromatic carbocycles. The number of nitrogens with two attached hydrogens (primary N) is 1. The lowest BCUT2D eigenvalue weighted by Gasteiger charge is -2.34. The van der Waals surface area contributed by atoms with E-state index in [2.05, 4.69) is 0 Å². The molecule has 0 unspecified atom stereocenters. The molecule has 0 amide bonds. The predicted octanol–water partition coefficient (Wildman–Crippen LogP) is 0.717. The van der Waals surface area contributed by atoms with Crippen LogP contribution in [0.4, 0.5) is 0 Å². The molecule has 0 atom stereocenters. The highest BCUT2D eigenvalue weighted by Crippen LogP contribution is 2.38. The Morgan fingerprint density at radius 1 is 1.18 bits per heavy atom. The molecule has 1 fully saturated rings. The monoisotopic (exact) mass is 269 g/mol. The van der Waals surface area contributed by atoms with Crippen LogP contribution in [0.1, 0.15) is 38.5 Å². The summed E-state index contributed by atoms with van der Waals surface area (Å²) in [6, 6.07) is 0. The number of hydrogen-bond acceptors (Lipinski definition) is 4. The van der Waals surface area contributed by atoms with Crippen molar-refractivity contribution in [3.8, 4) is 0 Å². The standard InChI is InChI=1S/C9H17NO2.H2O4S/c10-7-9(6-8(11)12)4-2-1-3-5-9;1-5(2,3)4/h1-7,10H2,(H,11,12);(H2,1,2,3,4). The Kier molecular flexibility index (Phi) is 6.61. The highest BCUT2D eigenvalue weighted by atomic mass is 32.3. The summed E-state index contributed by atoms with van der Waals surface area (Å²) in [4.78, 5) is 10.6. The molecular formula is C9H19NO6S. The van der Waals surface area contributed by atoms with Crippen LogP contribution in [0, 0.1) is 5.41 Å². The molecule has 7 nitrogen and oxygen atoms in total. The number of hydrogen-bond donors (Lipinski definition) is 4. The van der Waals surface area contributed by atoms with Crippen LogP contribution < -0.4 is 5.73 Å². The largest absolute Gasteiger partial charge is 0.481 e. The Balaban J connectivity index is 0.000000437. The normalized spacial score (nSPS) is 19.0. The van der Waals surface area contributed by atoms with E-state index in [0.717, 1.165) is 25.7 Å². The van der Waals surface area contributed by atoms with Gasteiger partial charge in [0, 0.05) is 0 Å². The maximum absolute atomic E-state index is 10.6. The summed E-state index contributed by atoms with van der Waals surface area (Å²) < 4.78 is 31.6. The van der Waals surface area contributed by atoms with E-state index < -0.39 is 16.4 Å². The molecule has 0 bridgehead atoms. The summed E-state index contributed by atoms with van der Waals surface area (Å²) >= 11 is 0. The third-order valence-corrected chi connectivity index (χ3v) is 2.87. The Hall–Kier alpha value is -0.700. The molecule has 102 valence electrons. The molecule has 1 aliphatic carbocycles. The summed E-state index contributed by atoms with van der Waals surface area (Å²) in [5.41, 5.74) is 5.54. The van der Waals surface area contributed by atoms with E-state index in [4.69, 9.17) is 28.4 Å². The van der Waals surface area contributed by atoms with Crippen LogP contribution in [0.3, 0.4) is 0 Å². The number of aliphatic carboxylic acids is 1. The fraction of sp³-hybridized carbons (Fsp3) is 0.889. The van der Waals surface area contributed by atoms with Gasteiger partial charge in [0.2, 0.25) is 0 Å². The molecule has 0 aromatic rings. The summed E-state index contributed by atoms with van der Waals surface area (Å²) in [7, 11) is -4.67. The van der Waals surface area contributed by atoms with Gasteiger partial charge in [0.15, 0.2) is 0 Å². The molecule has 0 heterocycles. The number of rotatable bonds is 3. The second-order valence-corrected chi connectivity index (χ2v) is 5.18. The topological polar surface area (TPSA) is 138 Å². The van der Waals surface area contributed by atoms with Gasteiger partial charge in [0.25, 0.3) is 0 Å². The fourth-order valence-corrected chi connectivity index (χ4v) is 2.08. The van der Waals surface area contributed by atoms with Crippen LogP contribution in [0.25, 0.3) is 0 Å². The molecule has 0 radical (unpaired) electrons. The fourth-order valence-electron chi connectivity index (χ4n) is 2.08. The maximum Gasteiger partial charge on any atom is 0.394 e. The highest BCUT2D eigenvalue weighted by molar-refractivity contribution is 7.79. The van der Waals surface area contributed by atoms with Gasteiger partial charge in [0.1, 0.15) is 0 Å². The average molecular weight is 269 g/mol. The van der Waals surface area contributed by atoms with Gasteiger partial charge < -0.3 is 10.8 Å². The van der Waals surface area contributed by atoms with Gasteiger partial charge >= 0.3 is 16.4 Å². The Labute approximate surface area is 101 Å². The molecular weight excluding hydrogens is 250 g/mol. The summed E-state index contributed by atoms with van der Waals surface area (Å²) in [6.45, 7) is 0.527. The van der Waals surface area contributed by atoms with Gasteiger partial charge in [-0.2, -0.15) is 8.42 Å². The Morgan fingerprint density at radius 2 is 1.59 bits per heavy atom. The maximum atomic E-state index is 10.6. The van der Waals surface area contributed by atoms with E-state index in [-0.39, 0.29) is 11.8 Å². The molecule has 5 N–H and O–H groups in total. The summed E-state index contributed by atoms with van der Waals surface area (Å²) in [5.74, 6) is -0.706. The molecule has 0 saturated heterocycles. The van der Waals surface area contributed by atoms with Gasteiger partial charge in [-0.1, -0.05) is 19.3 Å². The van der Waals surface area contributed by atoms with Crippen molar-refractivity contribution in [2.75, 3.05) is 6.54 Å². The second-order valence-electron chi connectivity index (χ2n) is 4.28. The van der Waals surface area contributed by atoms with Gasteiger partial charge in [-0.15, -0.1) is 0 Å². The predicted molar refractivity (Wildman–Crippen MR) is 61.0 cm³/mol. The van der Waals surface area contributed by atoms with E-state index in [1.165, 1.54) is 6.42 Å². The van der Waals surface area contributed by atoms with E-state index in [9.17, 15) is 4.79 Å². The van der Waals surface area contributed by atoms with E-state index in [1.54, 1.807) is 0 Å². The highest BCUT2D eigenvalue weighted by Gasteiger charge is 2.32. The molecule has 1 saturated carbocycles. The molecule has 0 aromatic heterocycles. The van der Waals surface area contributed by atoms with Crippen molar-refractivity contribution in [2.45, 2.75) is 38.5 Å². The zero-order chi connectivity index (χ0) is 13.5. The molecule has 1 aliphatic rings. The van der Waals surface area contributed by atoms with Crippen LogP contribution in [-0.2, 0) is 15.2 Å². The molecule has 0 aliphatic heterocycles. The molecule has 8 heteroatoms. The summed E-state index contributed by atoms with van der Waals surface area (Å²) in [6.07, 6.45) is 5.77. The van der Waals surface area contributed by atoms with Crippen LogP contribution in [0.2, 0.25) is 0 Å².